The average Bonchev–Trinajstić information content (AvgIpc) is 3.41. The van der Waals surface area contributed by atoms with Crippen LogP contribution in [-0.4, -0.2) is 25.5 Å². The van der Waals surface area contributed by atoms with E-state index in [4.69, 9.17) is 10.5 Å². The number of nitrogens with two attached hydrogens (primary N) is 1. The topological polar surface area (TPSA) is 81.4 Å². The van der Waals surface area contributed by atoms with E-state index >= 15 is 0 Å². The third-order valence-corrected chi connectivity index (χ3v) is 4.55. The third kappa shape index (κ3) is 3.11. The molecule has 5 nitrogen and oxygen atoms in total. The summed E-state index contributed by atoms with van der Waals surface area (Å²) in [5, 5.41) is 2.99. The molecular formula is C19H20N2O3. The Morgan fingerprint density at radius 1 is 1.08 bits per heavy atom. The number of para-hydroxylation sites is 1. The maximum Gasteiger partial charge on any atom is 0.251 e. The normalized spacial score (nSPS) is 14.7. The maximum atomic E-state index is 12.3. The van der Waals surface area contributed by atoms with Crippen molar-refractivity contribution in [2.45, 2.75) is 18.3 Å². The van der Waals surface area contributed by atoms with Crippen LogP contribution in [0, 0.1) is 0 Å². The van der Waals surface area contributed by atoms with Gasteiger partial charge in [0.2, 0.25) is 5.91 Å². The summed E-state index contributed by atoms with van der Waals surface area (Å²) in [7, 11) is 1.66. The summed E-state index contributed by atoms with van der Waals surface area (Å²) in [4.78, 5) is 23.4. The summed E-state index contributed by atoms with van der Waals surface area (Å²) in [5.41, 5.74) is 7.19. The van der Waals surface area contributed by atoms with E-state index < -0.39 is 5.91 Å². The van der Waals surface area contributed by atoms with Crippen LogP contribution in [0.4, 0.5) is 0 Å². The fourth-order valence-corrected chi connectivity index (χ4v) is 2.91. The van der Waals surface area contributed by atoms with Crippen molar-refractivity contribution in [3.8, 4) is 5.75 Å². The molecule has 2 aromatic carbocycles. The predicted octanol–water partition coefficient (Wildman–Crippen LogP) is 2.26. The third-order valence-electron chi connectivity index (χ3n) is 4.55. The molecule has 0 unspecified atom stereocenters. The lowest BCUT2D eigenvalue weighted by Gasteiger charge is -2.19. The van der Waals surface area contributed by atoms with Gasteiger partial charge in [0.1, 0.15) is 5.75 Å². The lowest BCUT2D eigenvalue weighted by atomic mass is 9.94. The molecule has 124 valence electrons. The lowest BCUT2D eigenvalue weighted by Crippen LogP contribution is -2.32. The lowest BCUT2D eigenvalue weighted by molar-refractivity contribution is 0.0947. The van der Waals surface area contributed by atoms with Gasteiger partial charge in [-0.2, -0.15) is 0 Å². The van der Waals surface area contributed by atoms with E-state index in [-0.39, 0.29) is 11.3 Å². The summed E-state index contributed by atoms with van der Waals surface area (Å²) in [6, 6.07) is 14.3. The number of amides is 2. The molecule has 0 heterocycles. The van der Waals surface area contributed by atoms with Crippen LogP contribution in [0.2, 0.25) is 0 Å². The van der Waals surface area contributed by atoms with Gasteiger partial charge in [-0.3, -0.25) is 9.59 Å². The molecule has 3 N–H and O–H groups in total. The first-order valence-electron chi connectivity index (χ1n) is 7.87. The molecule has 1 saturated carbocycles. The minimum absolute atomic E-state index is 0.0462. The van der Waals surface area contributed by atoms with Gasteiger partial charge >= 0.3 is 0 Å². The molecule has 0 aromatic heterocycles. The van der Waals surface area contributed by atoms with Crippen molar-refractivity contribution in [3.63, 3.8) is 0 Å². The number of primary amides is 1. The van der Waals surface area contributed by atoms with Crippen LogP contribution < -0.4 is 15.8 Å². The standard InChI is InChI=1S/C19H20N2O3/c1-24-16-5-3-2-4-15(16)19(10-11-19)12-21-18(23)14-8-6-13(7-9-14)17(20)22/h2-9H,10-12H2,1H3,(H2,20,22)(H,21,23). The second-order valence-corrected chi connectivity index (χ2v) is 6.10. The minimum atomic E-state index is -0.505. The van der Waals surface area contributed by atoms with Crippen molar-refractivity contribution >= 4 is 11.8 Å². The van der Waals surface area contributed by atoms with Crippen LogP contribution in [0.15, 0.2) is 48.5 Å². The van der Waals surface area contributed by atoms with Gasteiger partial charge in [0.25, 0.3) is 5.91 Å². The molecule has 2 aromatic rings. The average molecular weight is 324 g/mol. The Bertz CT molecular complexity index is 764. The fourth-order valence-electron chi connectivity index (χ4n) is 2.91. The van der Waals surface area contributed by atoms with E-state index in [1.807, 2.05) is 18.2 Å². The van der Waals surface area contributed by atoms with Gasteiger partial charge in [0.15, 0.2) is 0 Å². The number of rotatable bonds is 6. The Morgan fingerprint density at radius 3 is 2.29 bits per heavy atom. The maximum absolute atomic E-state index is 12.3. The number of ether oxygens (including phenoxy) is 1. The SMILES string of the molecule is COc1ccccc1C1(CNC(=O)c2ccc(C(N)=O)cc2)CC1. The zero-order valence-corrected chi connectivity index (χ0v) is 13.5. The van der Waals surface area contributed by atoms with Gasteiger partial charge in [-0.25, -0.2) is 0 Å². The van der Waals surface area contributed by atoms with E-state index in [9.17, 15) is 9.59 Å². The molecule has 0 spiro atoms. The van der Waals surface area contributed by atoms with Crippen LogP contribution in [0.25, 0.3) is 0 Å². The summed E-state index contributed by atoms with van der Waals surface area (Å²) < 4.78 is 5.44. The van der Waals surface area contributed by atoms with Crippen molar-refractivity contribution in [3.05, 3.63) is 65.2 Å². The first-order valence-corrected chi connectivity index (χ1v) is 7.87. The number of carbonyl (C=O) groups is 2. The first kappa shape index (κ1) is 16.1. The Hall–Kier alpha value is -2.82. The van der Waals surface area contributed by atoms with E-state index in [1.165, 1.54) is 0 Å². The highest BCUT2D eigenvalue weighted by Crippen LogP contribution is 2.50. The van der Waals surface area contributed by atoms with Gasteiger partial charge in [0.05, 0.1) is 7.11 Å². The van der Waals surface area contributed by atoms with Crippen LogP contribution >= 0.6 is 0 Å². The predicted molar refractivity (Wildman–Crippen MR) is 91.2 cm³/mol. The minimum Gasteiger partial charge on any atom is -0.496 e. The highest BCUT2D eigenvalue weighted by molar-refractivity contribution is 5.97. The summed E-state index contributed by atoms with van der Waals surface area (Å²) in [5.74, 6) is 0.192. The number of nitrogens with one attached hydrogen (secondary N) is 1. The number of hydrogen-bond donors (Lipinski definition) is 2. The van der Waals surface area contributed by atoms with Crippen LogP contribution in [-0.2, 0) is 5.41 Å². The summed E-state index contributed by atoms with van der Waals surface area (Å²) in [6.07, 6.45) is 2.04. The molecule has 0 saturated heterocycles. The number of methoxy groups -OCH3 is 1. The molecule has 3 rings (SSSR count). The molecular weight excluding hydrogens is 304 g/mol. The van der Waals surface area contributed by atoms with Gasteiger partial charge in [0, 0.05) is 28.7 Å². The number of benzene rings is 2. The van der Waals surface area contributed by atoms with Crippen molar-refractivity contribution in [1.29, 1.82) is 0 Å². The summed E-state index contributed by atoms with van der Waals surface area (Å²) in [6.45, 7) is 0.559. The van der Waals surface area contributed by atoms with Gasteiger partial charge in [-0.15, -0.1) is 0 Å². The molecule has 0 radical (unpaired) electrons. The molecule has 0 aliphatic heterocycles. The van der Waals surface area contributed by atoms with Crippen LogP contribution in [0.3, 0.4) is 0 Å². The molecule has 1 fully saturated rings. The summed E-state index contributed by atoms with van der Waals surface area (Å²) >= 11 is 0. The van der Waals surface area contributed by atoms with E-state index in [0.29, 0.717) is 17.7 Å². The van der Waals surface area contributed by atoms with Crippen LogP contribution in [0.5, 0.6) is 5.75 Å². The first-order chi connectivity index (χ1) is 11.6. The van der Waals surface area contributed by atoms with E-state index in [2.05, 4.69) is 11.4 Å². The quantitative estimate of drug-likeness (QED) is 0.855. The highest BCUT2D eigenvalue weighted by atomic mass is 16.5. The van der Waals surface area contributed by atoms with Crippen molar-refractivity contribution in [2.75, 3.05) is 13.7 Å². The smallest absolute Gasteiger partial charge is 0.251 e. The Balaban J connectivity index is 1.69. The monoisotopic (exact) mass is 324 g/mol. The van der Waals surface area contributed by atoms with Crippen molar-refractivity contribution in [1.82, 2.24) is 5.32 Å². The second-order valence-electron chi connectivity index (χ2n) is 6.10. The molecule has 2 amide bonds. The Morgan fingerprint density at radius 2 is 1.71 bits per heavy atom. The van der Waals surface area contributed by atoms with Crippen molar-refractivity contribution < 1.29 is 14.3 Å². The zero-order chi connectivity index (χ0) is 17.2. The number of hydrogen-bond acceptors (Lipinski definition) is 3. The highest BCUT2D eigenvalue weighted by Gasteiger charge is 2.46. The van der Waals surface area contributed by atoms with E-state index in [1.54, 1.807) is 31.4 Å². The number of carbonyl (C=O) groups excluding carboxylic acids is 2. The molecule has 1 aliphatic carbocycles. The Kier molecular flexibility index (Phi) is 4.25. The van der Waals surface area contributed by atoms with Crippen molar-refractivity contribution in [2.24, 2.45) is 5.73 Å². The van der Waals surface area contributed by atoms with Gasteiger partial charge in [-0.05, 0) is 43.2 Å². The zero-order valence-electron chi connectivity index (χ0n) is 13.5. The molecule has 0 atom stereocenters. The molecule has 1 aliphatic rings. The molecule has 0 bridgehead atoms. The Labute approximate surface area is 140 Å². The van der Waals surface area contributed by atoms with Crippen LogP contribution in [0.1, 0.15) is 39.1 Å². The second kappa shape index (κ2) is 6.35. The molecule has 5 heteroatoms. The molecule has 24 heavy (non-hydrogen) atoms. The van der Waals surface area contributed by atoms with E-state index in [0.717, 1.165) is 24.2 Å². The fraction of sp³-hybridized carbons (Fsp3) is 0.263. The van der Waals surface area contributed by atoms with Gasteiger partial charge < -0.3 is 15.8 Å². The largest absolute Gasteiger partial charge is 0.496 e. The van der Waals surface area contributed by atoms with Gasteiger partial charge in [-0.1, -0.05) is 18.2 Å².